The van der Waals surface area contributed by atoms with E-state index in [4.69, 9.17) is 9.47 Å². The van der Waals surface area contributed by atoms with E-state index in [-0.39, 0.29) is 34.9 Å². The van der Waals surface area contributed by atoms with E-state index >= 15 is 0 Å². The van der Waals surface area contributed by atoms with Gasteiger partial charge in [0.15, 0.2) is 23.1 Å². The van der Waals surface area contributed by atoms with Gasteiger partial charge in [0.2, 0.25) is 0 Å². The van der Waals surface area contributed by atoms with E-state index < -0.39 is 33.6 Å². The lowest BCUT2D eigenvalue weighted by Crippen LogP contribution is -2.44. The molecule has 4 fully saturated rings. The highest BCUT2D eigenvalue weighted by atomic mass is 16.6. The van der Waals surface area contributed by atoms with Crippen LogP contribution in [0.1, 0.15) is 66.2 Å². The molecule has 0 heterocycles. The summed E-state index contributed by atoms with van der Waals surface area (Å²) in [5, 5.41) is 0. The van der Waals surface area contributed by atoms with E-state index in [1.165, 1.54) is 0 Å². The zero-order chi connectivity index (χ0) is 23.1. The Hall–Kier alpha value is -2.50. The van der Waals surface area contributed by atoms with Gasteiger partial charge in [-0.05, 0) is 62.5 Å². The highest BCUT2D eigenvalue weighted by Crippen LogP contribution is 2.62. The maximum Gasteiger partial charge on any atom is 0.325 e. The number of Topliss-reactive ketones (excluding diaryl/α,β-unsaturated/α-hetero) is 2. The standard InChI is InChI=1S/C26H30O6/c1-23(2)15-9-11-25(13-15,19(23)27)21(29)31-17-7-5-6-8-18(17)32-22(30)26-12-10-16(14-26)24(3,4)20(26)28/h5-8,15-16H,9-14H2,1-4H3. The highest BCUT2D eigenvalue weighted by molar-refractivity contribution is 6.10. The van der Waals surface area contributed by atoms with Crippen molar-refractivity contribution in [3.63, 3.8) is 0 Å². The minimum Gasteiger partial charge on any atom is -0.422 e. The molecule has 32 heavy (non-hydrogen) atoms. The second-order valence-electron chi connectivity index (χ2n) is 11.4. The number of carbonyl (C=O) groups is 4. The number of ketones is 2. The molecule has 170 valence electrons. The Kier molecular flexibility index (Phi) is 4.35. The topological polar surface area (TPSA) is 86.7 Å². The number of para-hydroxylation sites is 2. The summed E-state index contributed by atoms with van der Waals surface area (Å²) in [5.74, 6) is -0.685. The number of carbonyl (C=O) groups excluding carboxylic acids is 4. The number of esters is 2. The van der Waals surface area contributed by atoms with Crippen LogP contribution in [-0.4, -0.2) is 23.5 Å². The molecule has 1 aromatic rings. The molecule has 0 aliphatic heterocycles. The zero-order valence-corrected chi connectivity index (χ0v) is 19.2. The van der Waals surface area contributed by atoms with Crippen LogP contribution >= 0.6 is 0 Å². The SMILES string of the molecule is CC1(C)C(=O)C2(C(=O)Oc3ccccc3OC(=O)C34CCC(C3)C(C)(C)C4=O)CCC1C2. The number of rotatable bonds is 4. The minimum absolute atomic E-state index is 0.0598. The van der Waals surface area contributed by atoms with Gasteiger partial charge in [0.25, 0.3) is 0 Å². The van der Waals surface area contributed by atoms with Crippen molar-refractivity contribution in [1.29, 1.82) is 0 Å². The van der Waals surface area contributed by atoms with Crippen LogP contribution in [0.5, 0.6) is 11.5 Å². The van der Waals surface area contributed by atoms with Gasteiger partial charge in [0.1, 0.15) is 10.8 Å². The summed E-state index contributed by atoms with van der Waals surface area (Å²) in [6.07, 6.45) is 3.66. The Labute approximate surface area is 188 Å². The number of hydrogen-bond donors (Lipinski definition) is 0. The van der Waals surface area contributed by atoms with Crippen LogP contribution in [0.25, 0.3) is 0 Å². The first-order valence-electron chi connectivity index (χ1n) is 11.6. The Bertz CT molecular complexity index is 969. The van der Waals surface area contributed by atoms with Crippen LogP contribution in [0.2, 0.25) is 0 Å². The summed E-state index contributed by atoms with van der Waals surface area (Å²) >= 11 is 0. The Morgan fingerprint density at radius 2 is 1.12 bits per heavy atom. The monoisotopic (exact) mass is 438 g/mol. The van der Waals surface area contributed by atoms with E-state index in [0.717, 1.165) is 12.8 Å². The molecule has 6 nitrogen and oxygen atoms in total. The van der Waals surface area contributed by atoms with Gasteiger partial charge in [-0.25, -0.2) is 0 Å². The van der Waals surface area contributed by atoms with Crippen molar-refractivity contribution >= 4 is 23.5 Å². The van der Waals surface area contributed by atoms with E-state index in [0.29, 0.717) is 25.7 Å². The Balaban J connectivity index is 1.38. The van der Waals surface area contributed by atoms with Gasteiger partial charge < -0.3 is 9.47 Å². The molecule has 0 saturated heterocycles. The predicted molar refractivity (Wildman–Crippen MR) is 115 cm³/mol. The van der Waals surface area contributed by atoms with Crippen molar-refractivity contribution in [2.75, 3.05) is 0 Å². The lowest BCUT2D eigenvalue weighted by atomic mass is 9.71. The van der Waals surface area contributed by atoms with Gasteiger partial charge >= 0.3 is 11.9 Å². The molecule has 4 saturated carbocycles. The summed E-state index contributed by atoms with van der Waals surface area (Å²) in [6, 6.07) is 6.49. The van der Waals surface area contributed by atoms with Crippen molar-refractivity contribution in [3.05, 3.63) is 24.3 Å². The number of hydrogen-bond acceptors (Lipinski definition) is 6. The highest BCUT2D eigenvalue weighted by Gasteiger charge is 2.67. The summed E-state index contributed by atoms with van der Waals surface area (Å²) in [5.41, 5.74) is -3.30. The molecule has 4 aliphatic carbocycles. The van der Waals surface area contributed by atoms with Gasteiger partial charge in [0, 0.05) is 10.8 Å². The molecule has 5 rings (SSSR count). The van der Waals surface area contributed by atoms with Crippen LogP contribution in [0.15, 0.2) is 24.3 Å². The average molecular weight is 439 g/mol. The van der Waals surface area contributed by atoms with E-state index in [9.17, 15) is 19.2 Å². The number of ether oxygens (including phenoxy) is 2. The third-order valence-electron chi connectivity index (χ3n) is 9.15. The molecule has 0 spiro atoms. The smallest absolute Gasteiger partial charge is 0.325 e. The van der Waals surface area contributed by atoms with Crippen molar-refractivity contribution in [1.82, 2.24) is 0 Å². The lowest BCUT2D eigenvalue weighted by Gasteiger charge is -2.32. The molecule has 1 aromatic carbocycles. The number of fused-ring (bicyclic) bond motifs is 4. The molecule has 0 amide bonds. The largest absolute Gasteiger partial charge is 0.422 e. The van der Waals surface area contributed by atoms with E-state index in [1.807, 2.05) is 27.7 Å². The summed E-state index contributed by atoms with van der Waals surface area (Å²) in [6.45, 7) is 7.60. The first-order chi connectivity index (χ1) is 14.9. The van der Waals surface area contributed by atoms with Crippen molar-refractivity contribution < 1.29 is 28.7 Å². The molecular weight excluding hydrogens is 408 g/mol. The normalized spacial score (nSPS) is 35.9. The van der Waals surface area contributed by atoms with Crippen LogP contribution < -0.4 is 9.47 Å². The van der Waals surface area contributed by atoms with Gasteiger partial charge in [-0.3, -0.25) is 19.2 Å². The first-order valence-corrected chi connectivity index (χ1v) is 11.6. The molecule has 4 aliphatic rings. The van der Waals surface area contributed by atoms with Crippen molar-refractivity contribution in [2.45, 2.75) is 66.2 Å². The second kappa shape index (κ2) is 6.52. The van der Waals surface area contributed by atoms with Gasteiger partial charge in [-0.2, -0.15) is 0 Å². The fraction of sp³-hybridized carbons (Fsp3) is 0.615. The van der Waals surface area contributed by atoms with Crippen LogP contribution in [0, 0.1) is 33.5 Å². The summed E-state index contributed by atoms with van der Waals surface area (Å²) in [7, 11) is 0. The quantitative estimate of drug-likeness (QED) is 0.396. The predicted octanol–water partition coefficient (Wildman–Crippen LogP) is 4.29. The van der Waals surface area contributed by atoms with Crippen LogP contribution in [-0.2, 0) is 19.2 Å². The third-order valence-corrected chi connectivity index (χ3v) is 9.15. The van der Waals surface area contributed by atoms with Crippen molar-refractivity contribution in [3.8, 4) is 11.5 Å². The van der Waals surface area contributed by atoms with Gasteiger partial charge in [-0.1, -0.05) is 39.8 Å². The van der Waals surface area contributed by atoms with Crippen molar-refractivity contribution in [2.24, 2.45) is 33.5 Å². The van der Waals surface area contributed by atoms with Crippen LogP contribution in [0.3, 0.4) is 0 Å². The molecule has 4 atom stereocenters. The maximum atomic E-state index is 13.2. The fourth-order valence-electron chi connectivity index (χ4n) is 6.91. The molecule has 0 N–H and O–H groups in total. The van der Waals surface area contributed by atoms with Crippen LogP contribution in [0.4, 0.5) is 0 Å². The lowest BCUT2D eigenvalue weighted by molar-refractivity contribution is -0.156. The maximum absolute atomic E-state index is 13.2. The number of benzene rings is 1. The summed E-state index contributed by atoms with van der Waals surface area (Å²) in [4.78, 5) is 52.5. The summed E-state index contributed by atoms with van der Waals surface area (Å²) < 4.78 is 11.4. The van der Waals surface area contributed by atoms with Gasteiger partial charge in [0.05, 0.1) is 0 Å². The minimum atomic E-state index is -1.12. The van der Waals surface area contributed by atoms with E-state index in [2.05, 4.69) is 0 Å². The molecule has 4 unspecified atom stereocenters. The molecule has 4 bridgehead atoms. The Morgan fingerprint density at radius 1 is 0.750 bits per heavy atom. The first kappa shape index (κ1) is 21.4. The van der Waals surface area contributed by atoms with E-state index in [1.54, 1.807) is 24.3 Å². The molecule has 0 aromatic heterocycles. The fourth-order valence-corrected chi connectivity index (χ4v) is 6.91. The average Bonchev–Trinajstić information content (AvgIpc) is 3.47. The second-order valence-corrected chi connectivity index (χ2v) is 11.4. The molecule has 0 radical (unpaired) electrons. The zero-order valence-electron chi connectivity index (χ0n) is 19.2. The van der Waals surface area contributed by atoms with Gasteiger partial charge in [-0.15, -0.1) is 0 Å². The third kappa shape index (κ3) is 2.58. The molecule has 6 heteroatoms. The Morgan fingerprint density at radius 3 is 1.44 bits per heavy atom. The molecular formula is C26H30O6.